The molecule has 0 spiro atoms. The lowest BCUT2D eigenvalue weighted by molar-refractivity contribution is -0.138. The van der Waals surface area contributed by atoms with E-state index >= 15 is 0 Å². The number of aryl methyl sites for hydroxylation is 1. The van der Waals surface area contributed by atoms with Crippen molar-refractivity contribution in [1.29, 1.82) is 0 Å². The van der Waals surface area contributed by atoms with Gasteiger partial charge >= 0.3 is 11.9 Å². The number of allylic oxidation sites excluding steroid dienone is 1. The highest BCUT2D eigenvalue weighted by molar-refractivity contribution is 8.00. The van der Waals surface area contributed by atoms with E-state index in [1.807, 2.05) is 18.2 Å². The maximum atomic E-state index is 11.0. The van der Waals surface area contributed by atoms with Gasteiger partial charge in [-0.15, -0.1) is 11.8 Å². The Morgan fingerprint density at radius 2 is 1.75 bits per heavy atom. The molecule has 1 rings (SSSR count). The van der Waals surface area contributed by atoms with E-state index in [2.05, 4.69) is 25.1 Å². The van der Waals surface area contributed by atoms with Crippen molar-refractivity contribution in [2.24, 2.45) is 5.73 Å². The molecule has 180 valence electrons. The summed E-state index contributed by atoms with van der Waals surface area (Å²) < 4.78 is 0. The molecule has 1 aromatic carbocycles. The lowest BCUT2D eigenvalue weighted by Gasteiger charge is -2.20. The molecular weight excluding hydrogens is 426 g/mol. The molecule has 1 unspecified atom stereocenters. The van der Waals surface area contributed by atoms with E-state index in [0.29, 0.717) is 12.8 Å². The normalized spacial score (nSPS) is 14.3. The molecule has 0 saturated carbocycles. The second-order valence-corrected chi connectivity index (χ2v) is 9.37. The van der Waals surface area contributed by atoms with Gasteiger partial charge in [0.1, 0.15) is 6.04 Å². The van der Waals surface area contributed by atoms with Crippen LogP contribution in [0.25, 0.3) is 0 Å². The minimum absolute atomic E-state index is 0.00156. The monoisotopic (exact) mass is 465 g/mol. The summed E-state index contributed by atoms with van der Waals surface area (Å²) in [6.45, 7) is 2.21. The first-order valence-electron chi connectivity index (χ1n) is 11.6. The average molecular weight is 466 g/mol. The van der Waals surface area contributed by atoms with E-state index in [4.69, 9.17) is 15.9 Å². The van der Waals surface area contributed by atoms with E-state index in [1.54, 1.807) is 0 Å². The van der Waals surface area contributed by atoms with Crippen LogP contribution in [-0.4, -0.2) is 50.4 Å². The predicted octanol–water partition coefficient (Wildman–Crippen LogP) is 4.43. The van der Waals surface area contributed by atoms with Gasteiger partial charge < -0.3 is 21.1 Å². The SMILES string of the molecule is CCCCCCCc1ccccc1C/C=C/[C@H](SCC(N)C(=O)O)[C@H](O)CCCC(=O)O. The lowest BCUT2D eigenvalue weighted by atomic mass is 9.98. The first-order chi connectivity index (χ1) is 15.3. The molecule has 0 fully saturated rings. The molecule has 0 amide bonds. The molecule has 0 aliphatic rings. The van der Waals surface area contributed by atoms with Gasteiger partial charge in [0.15, 0.2) is 0 Å². The van der Waals surface area contributed by atoms with Crippen LogP contribution in [0.3, 0.4) is 0 Å². The quantitative estimate of drug-likeness (QED) is 0.187. The van der Waals surface area contributed by atoms with Crippen LogP contribution in [0.5, 0.6) is 0 Å². The lowest BCUT2D eigenvalue weighted by Crippen LogP contribution is -2.34. The van der Waals surface area contributed by atoms with E-state index in [-0.39, 0.29) is 17.4 Å². The van der Waals surface area contributed by atoms with E-state index in [9.17, 15) is 14.7 Å². The molecule has 7 heteroatoms. The summed E-state index contributed by atoms with van der Waals surface area (Å²) in [6, 6.07) is 7.38. The molecule has 0 aliphatic heterocycles. The number of aliphatic hydroxyl groups is 1. The number of nitrogens with two attached hydrogens (primary N) is 1. The number of benzene rings is 1. The highest BCUT2D eigenvalue weighted by atomic mass is 32.2. The fourth-order valence-corrected chi connectivity index (χ4v) is 4.61. The molecular formula is C25H39NO5S. The number of carbonyl (C=O) groups is 2. The highest BCUT2D eigenvalue weighted by Gasteiger charge is 2.20. The Morgan fingerprint density at radius 1 is 1.06 bits per heavy atom. The van der Waals surface area contributed by atoms with Crippen molar-refractivity contribution in [3.63, 3.8) is 0 Å². The maximum absolute atomic E-state index is 11.0. The van der Waals surface area contributed by atoms with Crippen molar-refractivity contribution in [2.75, 3.05) is 5.75 Å². The van der Waals surface area contributed by atoms with Crippen molar-refractivity contribution >= 4 is 23.7 Å². The smallest absolute Gasteiger partial charge is 0.321 e. The van der Waals surface area contributed by atoms with Crippen LogP contribution >= 0.6 is 11.8 Å². The minimum Gasteiger partial charge on any atom is -0.481 e. The second-order valence-electron chi connectivity index (χ2n) is 8.16. The fourth-order valence-electron chi connectivity index (χ4n) is 3.46. The molecule has 0 heterocycles. The number of aliphatic carboxylic acids is 2. The molecule has 0 aliphatic carbocycles. The number of rotatable bonds is 18. The summed E-state index contributed by atoms with van der Waals surface area (Å²) in [7, 11) is 0. The summed E-state index contributed by atoms with van der Waals surface area (Å²) in [5.41, 5.74) is 8.21. The summed E-state index contributed by atoms with van der Waals surface area (Å²) in [4.78, 5) is 21.8. The first kappa shape index (κ1) is 28.2. The Labute approximate surface area is 196 Å². The molecule has 1 aromatic rings. The second kappa shape index (κ2) is 16.8. The van der Waals surface area contributed by atoms with E-state index < -0.39 is 24.1 Å². The zero-order valence-electron chi connectivity index (χ0n) is 19.1. The third-order valence-electron chi connectivity index (χ3n) is 5.39. The number of hydrogen-bond donors (Lipinski definition) is 4. The Bertz CT molecular complexity index is 709. The number of carboxylic acid groups (broad SMARTS) is 2. The van der Waals surface area contributed by atoms with Gasteiger partial charge in [-0.3, -0.25) is 9.59 Å². The van der Waals surface area contributed by atoms with Crippen LogP contribution in [0, 0.1) is 0 Å². The molecule has 32 heavy (non-hydrogen) atoms. The number of hydrogen-bond acceptors (Lipinski definition) is 5. The molecule has 0 bridgehead atoms. The van der Waals surface area contributed by atoms with Gasteiger partial charge in [-0.05, 0) is 43.2 Å². The zero-order valence-corrected chi connectivity index (χ0v) is 19.9. The van der Waals surface area contributed by atoms with Crippen LogP contribution in [0.4, 0.5) is 0 Å². The van der Waals surface area contributed by atoms with Gasteiger partial charge in [0.05, 0.1) is 6.10 Å². The average Bonchev–Trinajstić information content (AvgIpc) is 2.76. The molecule has 5 N–H and O–H groups in total. The number of thioether (sulfide) groups is 1. The topological polar surface area (TPSA) is 121 Å². The molecule has 6 nitrogen and oxygen atoms in total. The largest absolute Gasteiger partial charge is 0.481 e. The van der Waals surface area contributed by atoms with Crippen LogP contribution in [0.1, 0.15) is 69.4 Å². The molecule has 0 radical (unpaired) electrons. The van der Waals surface area contributed by atoms with Crippen LogP contribution in [-0.2, 0) is 22.4 Å². The minimum atomic E-state index is -1.08. The zero-order chi connectivity index (χ0) is 23.8. The highest BCUT2D eigenvalue weighted by Crippen LogP contribution is 2.22. The van der Waals surface area contributed by atoms with Crippen molar-refractivity contribution in [3.8, 4) is 0 Å². The van der Waals surface area contributed by atoms with Gasteiger partial charge in [0.25, 0.3) is 0 Å². The molecule has 0 aromatic heterocycles. The Balaban J connectivity index is 2.71. The maximum Gasteiger partial charge on any atom is 0.321 e. The van der Waals surface area contributed by atoms with Gasteiger partial charge in [-0.25, -0.2) is 0 Å². The van der Waals surface area contributed by atoms with Crippen LogP contribution in [0.15, 0.2) is 36.4 Å². The predicted molar refractivity (Wildman–Crippen MR) is 131 cm³/mol. The van der Waals surface area contributed by atoms with Gasteiger partial charge in [-0.1, -0.05) is 69.0 Å². The summed E-state index contributed by atoms with van der Waals surface area (Å²) in [6.07, 6.45) is 11.9. The van der Waals surface area contributed by atoms with E-state index in [1.165, 1.54) is 55.0 Å². The summed E-state index contributed by atoms with van der Waals surface area (Å²) in [5.74, 6) is -1.79. The first-order valence-corrected chi connectivity index (χ1v) is 12.6. The number of carboxylic acids is 2. The fraction of sp³-hybridized carbons (Fsp3) is 0.600. The molecule has 3 atom stereocenters. The van der Waals surface area contributed by atoms with Gasteiger partial charge in [-0.2, -0.15) is 0 Å². The van der Waals surface area contributed by atoms with Gasteiger partial charge in [0, 0.05) is 17.4 Å². The number of unbranched alkanes of at least 4 members (excludes halogenated alkanes) is 4. The van der Waals surface area contributed by atoms with Crippen molar-refractivity contribution in [3.05, 3.63) is 47.5 Å². The Kier molecular flexibility index (Phi) is 14.8. The molecule has 0 saturated heterocycles. The van der Waals surface area contributed by atoms with Crippen molar-refractivity contribution in [1.82, 2.24) is 0 Å². The van der Waals surface area contributed by atoms with Crippen molar-refractivity contribution in [2.45, 2.75) is 88.5 Å². The third-order valence-corrected chi connectivity index (χ3v) is 6.79. The van der Waals surface area contributed by atoms with E-state index in [0.717, 1.165) is 12.8 Å². The third kappa shape index (κ3) is 12.3. The van der Waals surface area contributed by atoms with Crippen molar-refractivity contribution < 1.29 is 24.9 Å². The summed E-state index contributed by atoms with van der Waals surface area (Å²) in [5, 5.41) is 28.1. The Morgan fingerprint density at radius 3 is 2.41 bits per heavy atom. The summed E-state index contributed by atoms with van der Waals surface area (Å²) >= 11 is 1.30. The number of aliphatic hydroxyl groups excluding tert-OH is 1. The van der Waals surface area contributed by atoms with Crippen LogP contribution in [0.2, 0.25) is 0 Å². The standard InChI is InChI=1S/C25H39NO5S/c1-2-3-4-5-6-11-19-12-7-8-13-20(19)14-9-16-23(32-18-21(26)25(30)31)22(27)15-10-17-24(28)29/h7-9,12-13,16,21-23,27H,2-6,10-11,14-15,17-18,26H2,1H3,(H,28,29)(H,30,31)/b16-9+/t21?,22-,23+/m1/s1. The van der Waals surface area contributed by atoms with Crippen LogP contribution < -0.4 is 5.73 Å². The Hall–Kier alpha value is -1.83. The van der Waals surface area contributed by atoms with Gasteiger partial charge in [0.2, 0.25) is 0 Å².